The number of fused-ring (bicyclic) bond motifs is 1. The van der Waals surface area contributed by atoms with Gasteiger partial charge in [0.05, 0.1) is 0 Å². The average Bonchev–Trinajstić information content (AvgIpc) is 2.84. The van der Waals surface area contributed by atoms with Gasteiger partial charge >= 0.3 is 0 Å². The number of amides is 1. The van der Waals surface area contributed by atoms with Gasteiger partial charge in [-0.25, -0.2) is 4.39 Å². The van der Waals surface area contributed by atoms with Crippen LogP contribution in [-0.2, 0) is 0 Å². The Labute approximate surface area is 186 Å². The standard InChI is InChI=1S/C26H23FN4O/c1-18-17-30(26(32)20-7-3-2-4-8-20)15-16-31(18)25-23-10-6-5-9-22(23)24(28-29-25)19-11-13-21(27)14-12-19/h2-14,18H,15-17H2,1H3/t18-/m0/s1. The van der Waals surface area contributed by atoms with Gasteiger partial charge in [-0.3, -0.25) is 4.79 Å². The van der Waals surface area contributed by atoms with Crippen LogP contribution in [0.3, 0.4) is 0 Å². The van der Waals surface area contributed by atoms with Crippen LogP contribution in [-0.4, -0.2) is 46.7 Å². The zero-order chi connectivity index (χ0) is 22.1. The first-order valence-electron chi connectivity index (χ1n) is 10.7. The molecule has 0 radical (unpaired) electrons. The number of halogens is 1. The maximum atomic E-state index is 13.4. The van der Waals surface area contributed by atoms with Crippen LogP contribution < -0.4 is 4.90 Å². The molecule has 1 saturated heterocycles. The molecule has 0 spiro atoms. The van der Waals surface area contributed by atoms with Gasteiger partial charge in [0.15, 0.2) is 5.82 Å². The minimum absolute atomic E-state index is 0.0553. The molecular formula is C26H23FN4O. The Morgan fingerprint density at radius 1 is 0.875 bits per heavy atom. The van der Waals surface area contributed by atoms with Crippen LogP contribution in [0.1, 0.15) is 17.3 Å². The van der Waals surface area contributed by atoms with Gasteiger partial charge in [0.1, 0.15) is 11.5 Å². The van der Waals surface area contributed by atoms with Crippen molar-refractivity contribution >= 4 is 22.5 Å². The second kappa shape index (κ2) is 8.38. The van der Waals surface area contributed by atoms with Crippen molar-refractivity contribution in [3.05, 3.63) is 90.2 Å². The molecule has 0 aliphatic carbocycles. The molecule has 1 amide bonds. The lowest BCUT2D eigenvalue weighted by molar-refractivity contribution is 0.0726. The van der Waals surface area contributed by atoms with Gasteiger partial charge in [0.2, 0.25) is 0 Å². The van der Waals surface area contributed by atoms with Crippen molar-refractivity contribution in [2.45, 2.75) is 13.0 Å². The SMILES string of the molecule is C[C@H]1CN(C(=O)c2ccccc2)CCN1c1nnc(-c2ccc(F)cc2)c2ccccc12. The molecule has 2 heterocycles. The highest BCUT2D eigenvalue weighted by molar-refractivity contribution is 6.00. The number of piperazine rings is 1. The molecule has 0 bridgehead atoms. The van der Waals surface area contributed by atoms with Crippen LogP contribution >= 0.6 is 0 Å². The monoisotopic (exact) mass is 426 g/mol. The molecule has 6 heteroatoms. The minimum atomic E-state index is -0.278. The van der Waals surface area contributed by atoms with E-state index >= 15 is 0 Å². The molecule has 5 nitrogen and oxygen atoms in total. The fraction of sp³-hybridized carbons (Fsp3) is 0.192. The smallest absolute Gasteiger partial charge is 0.253 e. The van der Waals surface area contributed by atoms with Crippen molar-refractivity contribution in [1.29, 1.82) is 0 Å². The maximum Gasteiger partial charge on any atom is 0.253 e. The highest BCUT2D eigenvalue weighted by Gasteiger charge is 2.29. The van der Waals surface area contributed by atoms with Gasteiger partial charge in [-0.05, 0) is 43.3 Å². The Bertz CT molecular complexity index is 1260. The Balaban J connectivity index is 1.45. The van der Waals surface area contributed by atoms with E-state index in [1.54, 1.807) is 12.1 Å². The lowest BCUT2D eigenvalue weighted by atomic mass is 10.0. The summed E-state index contributed by atoms with van der Waals surface area (Å²) in [4.78, 5) is 17.0. The van der Waals surface area contributed by atoms with Crippen LogP contribution in [0.25, 0.3) is 22.0 Å². The summed E-state index contributed by atoms with van der Waals surface area (Å²) in [5.74, 6) is 0.588. The first kappa shape index (κ1) is 20.1. The predicted molar refractivity (Wildman–Crippen MR) is 124 cm³/mol. The first-order chi connectivity index (χ1) is 15.6. The van der Waals surface area contributed by atoms with E-state index < -0.39 is 0 Å². The molecule has 4 aromatic rings. The summed E-state index contributed by atoms with van der Waals surface area (Å²) in [6.07, 6.45) is 0. The Kier molecular flexibility index (Phi) is 5.27. The molecule has 3 aromatic carbocycles. The number of rotatable bonds is 3. The molecular weight excluding hydrogens is 403 g/mol. The molecule has 160 valence electrons. The summed E-state index contributed by atoms with van der Waals surface area (Å²) < 4.78 is 13.4. The molecule has 1 atom stereocenters. The molecule has 1 fully saturated rings. The van der Waals surface area contributed by atoms with Crippen LogP contribution in [0.2, 0.25) is 0 Å². The highest BCUT2D eigenvalue weighted by Crippen LogP contribution is 2.33. The molecule has 1 aliphatic rings. The quantitative estimate of drug-likeness (QED) is 0.473. The van der Waals surface area contributed by atoms with Gasteiger partial charge in [-0.15, -0.1) is 10.2 Å². The third kappa shape index (κ3) is 3.68. The molecule has 32 heavy (non-hydrogen) atoms. The largest absolute Gasteiger partial charge is 0.348 e. The second-order valence-corrected chi connectivity index (χ2v) is 8.08. The van der Waals surface area contributed by atoms with E-state index in [1.807, 2.05) is 59.5 Å². The van der Waals surface area contributed by atoms with E-state index in [9.17, 15) is 9.18 Å². The Morgan fingerprint density at radius 3 is 2.28 bits per heavy atom. The van der Waals surface area contributed by atoms with E-state index in [4.69, 9.17) is 0 Å². The molecule has 0 saturated carbocycles. The Morgan fingerprint density at radius 2 is 1.56 bits per heavy atom. The van der Waals surface area contributed by atoms with Crippen LogP contribution in [0.4, 0.5) is 10.2 Å². The van der Waals surface area contributed by atoms with Crippen LogP contribution in [0.5, 0.6) is 0 Å². The summed E-state index contributed by atoms with van der Waals surface area (Å²) >= 11 is 0. The summed E-state index contributed by atoms with van der Waals surface area (Å²) in [5, 5.41) is 11.1. The normalized spacial score (nSPS) is 16.4. The number of hydrogen-bond donors (Lipinski definition) is 0. The molecule has 5 rings (SSSR count). The predicted octanol–water partition coefficient (Wildman–Crippen LogP) is 4.79. The summed E-state index contributed by atoms with van der Waals surface area (Å²) in [6, 6.07) is 23.8. The van der Waals surface area contributed by atoms with Gasteiger partial charge in [-0.2, -0.15) is 0 Å². The highest BCUT2D eigenvalue weighted by atomic mass is 19.1. The van der Waals surface area contributed by atoms with E-state index in [2.05, 4.69) is 22.0 Å². The maximum absolute atomic E-state index is 13.4. The number of hydrogen-bond acceptors (Lipinski definition) is 4. The summed E-state index contributed by atoms with van der Waals surface area (Å²) in [5.41, 5.74) is 2.27. The summed E-state index contributed by atoms with van der Waals surface area (Å²) in [7, 11) is 0. The van der Waals surface area contributed by atoms with Crippen molar-refractivity contribution in [3.63, 3.8) is 0 Å². The number of anilines is 1. The van der Waals surface area contributed by atoms with Gasteiger partial charge in [0.25, 0.3) is 5.91 Å². The fourth-order valence-corrected chi connectivity index (χ4v) is 4.34. The number of carbonyl (C=O) groups is 1. The number of aromatic nitrogens is 2. The topological polar surface area (TPSA) is 49.3 Å². The fourth-order valence-electron chi connectivity index (χ4n) is 4.34. The molecule has 0 unspecified atom stereocenters. The number of benzene rings is 3. The number of nitrogens with zero attached hydrogens (tertiary/aromatic N) is 4. The molecule has 1 aromatic heterocycles. The zero-order valence-electron chi connectivity index (χ0n) is 17.8. The van der Waals surface area contributed by atoms with E-state index in [1.165, 1.54) is 12.1 Å². The van der Waals surface area contributed by atoms with Crippen molar-refractivity contribution in [3.8, 4) is 11.3 Å². The van der Waals surface area contributed by atoms with Crippen LogP contribution in [0, 0.1) is 5.82 Å². The van der Waals surface area contributed by atoms with Crippen molar-refractivity contribution in [2.24, 2.45) is 0 Å². The lowest BCUT2D eigenvalue weighted by Crippen LogP contribution is -2.54. The van der Waals surface area contributed by atoms with E-state index in [-0.39, 0.29) is 17.8 Å². The summed E-state index contributed by atoms with van der Waals surface area (Å²) in [6.45, 7) is 4.01. The third-order valence-electron chi connectivity index (χ3n) is 5.99. The van der Waals surface area contributed by atoms with E-state index in [0.29, 0.717) is 25.2 Å². The number of carbonyl (C=O) groups excluding carboxylic acids is 1. The average molecular weight is 426 g/mol. The Hall–Kier alpha value is -3.80. The molecule has 1 aliphatic heterocycles. The van der Waals surface area contributed by atoms with Crippen molar-refractivity contribution < 1.29 is 9.18 Å². The lowest BCUT2D eigenvalue weighted by Gasteiger charge is -2.40. The molecule has 0 N–H and O–H groups in total. The van der Waals surface area contributed by atoms with Crippen LogP contribution in [0.15, 0.2) is 78.9 Å². The zero-order valence-corrected chi connectivity index (χ0v) is 17.8. The van der Waals surface area contributed by atoms with Gasteiger partial charge in [0, 0.05) is 47.6 Å². The van der Waals surface area contributed by atoms with Crippen molar-refractivity contribution in [1.82, 2.24) is 15.1 Å². The van der Waals surface area contributed by atoms with Gasteiger partial charge in [-0.1, -0.05) is 42.5 Å². The first-order valence-corrected chi connectivity index (χ1v) is 10.7. The van der Waals surface area contributed by atoms with Crippen molar-refractivity contribution in [2.75, 3.05) is 24.5 Å². The third-order valence-corrected chi connectivity index (χ3v) is 5.99. The minimum Gasteiger partial charge on any atom is -0.348 e. The van der Waals surface area contributed by atoms with Gasteiger partial charge < -0.3 is 9.80 Å². The van der Waals surface area contributed by atoms with E-state index in [0.717, 1.165) is 27.8 Å². The second-order valence-electron chi connectivity index (χ2n) is 8.08.